The Hall–Kier alpha value is -3.15. The molecule has 0 atom stereocenters. The Labute approximate surface area is 138 Å². The highest BCUT2D eigenvalue weighted by Gasteiger charge is 2.14. The van der Waals surface area contributed by atoms with Gasteiger partial charge >= 0.3 is 5.69 Å². The summed E-state index contributed by atoms with van der Waals surface area (Å²) in [6.45, 7) is 1.82. The molecule has 6 heteroatoms. The fourth-order valence-corrected chi connectivity index (χ4v) is 2.67. The largest absolute Gasteiger partial charge is 0.331 e. The minimum absolute atomic E-state index is 0.158. The fourth-order valence-electron chi connectivity index (χ4n) is 2.67. The number of nitrogens with one attached hydrogen (secondary N) is 1. The Balaban J connectivity index is 2.04. The Bertz CT molecular complexity index is 1000. The van der Waals surface area contributed by atoms with E-state index in [-0.39, 0.29) is 24.6 Å². The summed E-state index contributed by atoms with van der Waals surface area (Å²) in [7, 11) is 0. The van der Waals surface area contributed by atoms with Gasteiger partial charge in [-0.1, -0.05) is 30.3 Å². The van der Waals surface area contributed by atoms with Gasteiger partial charge in [0.1, 0.15) is 6.54 Å². The lowest BCUT2D eigenvalue weighted by Crippen LogP contribution is -2.41. The summed E-state index contributed by atoms with van der Waals surface area (Å²) in [6.07, 6.45) is 0. The average Bonchev–Trinajstić information content (AvgIpc) is 2.60. The van der Waals surface area contributed by atoms with E-state index in [1.165, 1.54) is 4.57 Å². The van der Waals surface area contributed by atoms with E-state index in [4.69, 9.17) is 0 Å². The quantitative estimate of drug-likeness (QED) is 0.796. The standard InChI is InChI=1S/C18H17N3O3/c1-2-20-17(23)14-10-6-7-11-15(14)21(18(20)24)12-16(22)19-13-8-4-3-5-9-13/h3-11H,2,12H2,1H3,(H,19,22). The van der Waals surface area contributed by atoms with Gasteiger partial charge in [0, 0.05) is 12.2 Å². The van der Waals surface area contributed by atoms with E-state index in [1.54, 1.807) is 43.3 Å². The van der Waals surface area contributed by atoms with Crippen LogP contribution in [0.4, 0.5) is 5.69 Å². The summed E-state index contributed by atoms with van der Waals surface area (Å²) in [5, 5.41) is 3.17. The van der Waals surface area contributed by atoms with Crippen molar-refractivity contribution >= 4 is 22.5 Å². The maximum absolute atomic E-state index is 12.6. The zero-order chi connectivity index (χ0) is 17.1. The molecule has 0 saturated carbocycles. The van der Waals surface area contributed by atoms with Crippen LogP contribution < -0.4 is 16.6 Å². The monoisotopic (exact) mass is 323 g/mol. The van der Waals surface area contributed by atoms with Crippen LogP contribution in [-0.2, 0) is 17.9 Å². The Morgan fingerprint density at radius 2 is 1.62 bits per heavy atom. The van der Waals surface area contributed by atoms with Gasteiger partial charge in [0.05, 0.1) is 10.9 Å². The maximum atomic E-state index is 12.6. The molecule has 0 aliphatic rings. The molecular formula is C18H17N3O3. The second-order valence-electron chi connectivity index (χ2n) is 5.35. The molecule has 6 nitrogen and oxygen atoms in total. The molecule has 3 rings (SSSR count). The molecule has 0 radical (unpaired) electrons. The van der Waals surface area contributed by atoms with Crippen molar-refractivity contribution in [3.05, 3.63) is 75.4 Å². The van der Waals surface area contributed by atoms with Gasteiger partial charge in [-0.2, -0.15) is 0 Å². The number of anilines is 1. The van der Waals surface area contributed by atoms with E-state index in [9.17, 15) is 14.4 Å². The summed E-state index contributed by atoms with van der Waals surface area (Å²) >= 11 is 0. The van der Waals surface area contributed by atoms with Gasteiger partial charge < -0.3 is 5.32 Å². The first-order chi connectivity index (χ1) is 11.6. The van der Waals surface area contributed by atoms with Gasteiger partial charge in [-0.15, -0.1) is 0 Å². The normalized spacial score (nSPS) is 10.7. The highest BCUT2D eigenvalue weighted by Crippen LogP contribution is 2.09. The van der Waals surface area contributed by atoms with Crippen LogP contribution >= 0.6 is 0 Å². The van der Waals surface area contributed by atoms with Gasteiger partial charge in [-0.3, -0.25) is 18.7 Å². The van der Waals surface area contributed by atoms with Crippen molar-refractivity contribution in [2.75, 3.05) is 5.32 Å². The summed E-state index contributed by atoms with van der Waals surface area (Å²) in [5.74, 6) is -0.324. The number of para-hydroxylation sites is 2. The van der Waals surface area contributed by atoms with Gasteiger partial charge in [-0.05, 0) is 31.2 Å². The summed E-state index contributed by atoms with van der Waals surface area (Å²) in [5.41, 5.74) is 0.298. The molecule has 1 N–H and O–H groups in total. The van der Waals surface area contributed by atoms with Crippen molar-refractivity contribution in [1.82, 2.24) is 9.13 Å². The number of aromatic nitrogens is 2. The van der Waals surface area contributed by atoms with Crippen molar-refractivity contribution in [3.63, 3.8) is 0 Å². The molecule has 0 bridgehead atoms. The maximum Gasteiger partial charge on any atom is 0.331 e. The molecule has 0 saturated heterocycles. The predicted molar refractivity (Wildman–Crippen MR) is 93.2 cm³/mol. The SMILES string of the molecule is CCn1c(=O)c2ccccc2n(CC(=O)Nc2ccccc2)c1=O. The number of rotatable bonds is 4. The third-order valence-corrected chi connectivity index (χ3v) is 3.81. The molecule has 0 aliphatic heterocycles. The Kier molecular flexibility index (Phi) is 4.29. The predicted octanol–water partition coefficient (Wildman–Crippen LogP) is 1.82. The number of amides is 1. The Morgan fingerprint density at radius 3 is 2.33 bits per heavy atom. The minimum atomic E-state index is -0.482. The van der Waals surface area contributed by atoms with Gasteiger partial charge in [0.15, 0.2) is 0 Å². The second-order valence-corrected chi connectivity index (χ2v) is 5.35. The van der Waals surface area contributed by atoms with E-state index in [2.05, 4.69) is 5.32 Å². The first-order valence-electron chi connectivity index (χ1n) is 7.69. The average molecular weight is 323 g/mol. The van der Waals surface area contributed by atoms with E-state index in [0.717, 1.165) is 4.57 Å². The number of carbonyl (C=O) groups is 1. The summed E-state index contributed by atoms with van der Waals surface area (Å²) in [6, 6.07) is 15.8. The number of benzene rings is 2. The van der Waals surface area contributed by atoms with Crippen LogP contribution in [0.5, 0.6) is 0 Å². The van der Waals surface area contributed by atoms with E-state index < -0.39 is 5.69 Å². The molecule has 24 heavy (non-hydrogen) atoms. The van der Waals surface area contributed by atoms with Crippen LogP contribution in [0.3, 0.4) is 0 Å². The smallest absolute Gasteiger partial charge is 0.325 e. The summed E-state index contributed by atoms with van der Waals surface area (Å²) < 4.78 is 2.47. The first kappa shape index (κ1) is 15.7. The zero-order valence-electron chi connectivity index (χ0n) is 13.2. The fraction of sp³-hybridized carbons (Fsp3) is 0.167. The third-order valence-electron chi connectivity index (χ3n) is 3.81. The van der Waals surface area contributed by atoms with Crippen molar-refractivity contribution in [2.45, 2.75) is 20.0 Å². The van der Waals surface area contributed by atoms with E-state index in [0.29, 0.717) is 16.6 Å². The molecule has 122 valence electrons. The lowest BCUT2D eigenvalue weighted by Gasteiger charge is -2.13. The number of nitrogens with zero attached hydrogens (tertiary/aromatic N) is 2. The molecule has 0 fully saturated rings. The highest BCUT2D eigenvalue weighted by molar-refractivity contribution is 5.91. The summed E-state index contributed by atoms with van der Waals surface area (Å²) in [4.78, 5) is 37.2. The number of carbonyl (C=O) groups excluding carboxylic acids is 1. The third kappa shape index (κ3) is 2.86. The number of hydrogen-bond acceptors (Lipinski definition) is 3. The van der Waals surface area contributed by atoms with Crippen LogP contribution in [0.1, 0.15) is 6.92 Å². The van der Waals surface area contributed by atoms with Crippen LogP contribution in [0.25, 0.3) is 10.9 Å². The molecule has 0 spiro atoms. The van der Waals surface area contributed by atoms with Crippen molar-refractivity contribution < 1.29 is 4.79 Å². The van der Waals surface area contributed by atoms with Crippen molar-refractivity contribution in [1.29, 1.82) is 0 Å². The lowest BCUT2D eigenvalue weighted by molar-refractivity contribution is -0.116. The van der Waals surface area contributed by atoms with Crippen molar-refractivity contribution in [2.24, 2.45) is 0 Å². The molecular weight excluding hydrogens is 306 g/mol. The zero-order valence-corrected chi connectivity index (χ0v) is 13.2. The number of fused-ring (bicyclic) bond motifs is 1. The van der Waals surface area contributed by atoms with Crippen molar-refractivity contribution in [3.8, 4) is 0 Å². The van der Waals surface area contributed by atoms with Gasteiger partial charge in [-0.25, -0.2) is 4.79 Å². The molecule has 1 amide bonds. The second kappa shape index (κ2) is 6.54. The number of hydrogen-bond donors (Lipinski definition) is 1. The Morgan fingerprint density at radius 1 is 0.958 bits per heavy atom. The van der Waals surface area contributed by atoms with Crippen LogP contribution in [-0.4, -0.2) is 15.0 Å². The van der Waals surface area contributed by atoms with Crippen LogP contribution in [0.15, 0.2) is 64.2 Å². The van der Waals surface area contributed by atoms with Crippen LogP contribution in [0, 0.1) is 0 Å². The lowest BCUT2D eigenvalue weighted by atomic mass is 10.2. The first-order valence-corrected chi connectivity index (χ1v) is 7.69. The van der Waals surface area contributed by atoms with E-state index in [1.807, 2.05) is 18.2 Å². The minimum Gasteiger partial charge on any atom is -0.325 e. The molecule has 1 aromatic heterocycles. The van der Waals surface area contributed by atoms with Gasteiger partial charge in [0.2, 0.25) is 5.91 Å². The topological polar surface area (TPSA) is 73.1 Å². The molecule has 3 aromatic rings. The van der Waals surface area contributed by atoms with E-state index >= 15 is 0 Å². The van der Waals surface area contributed by atoms with Crippen LogP contribution in [0.2, 0.25) is 0 Å². The highest BCUT2D eigenvalue weighted by atomic mass is 16.2. The molecule has 2 aromatic carbocycles. The molecule has 1 heterocycles. The molecule has 0 aliphatic carbocycles. The molecule has 0 unspecified atom stereocenters. The van der Waals surface area contributed by atoms with Gasteiger partial charge in [0.25, 0.3) is 5.56 Å².